The molecule has 1 heterocycles. The van der Waals surface area contributed by atoms with E-state index >= 15 is 0 Å². The highest BCUT2D eigenvalue weighted by atomic mass is 79.9. The molecule has 0 aliphatic heterocycles. The minimum absolute atomic E-state index is 0.286. The number of aromatic carboxylic acids is 1. The second kappa shape index (κ2) is 3.64. The van der Waals surface area contributed by atoms with Gasteiger partial charge in [0.25, 0.3) is 0 Å². The number of thiazole rings is 1. The van der Waals surface area contributed by atoms with Gasteiger partial charge in [-0.2, -0.15) is 0 Å². The summed E-state index contributed by atoms with van der Waals surface area (Å²) < 4.78 is 0.601. The molecule has 0 aliphatic carbocycles. The summed E-state index contributed by atoms with van der Waals surface area (Å²) in [5, 5.41) is 9.11. The molecule has 0 aliphatic rings. The predicted octanol–water partition coefficient (Wildman–Crippen LogP) is 2.50. The van der Waals surface area contributed by atoms with Crippen molar-refractivity contribution in [3.05, 3.63) is 14.5 Å². The van der Waals surface area contributed by atoms with Crippen LogP contribution in [-0.4, -0.2) is 16.1 Å². The Labute approximate surface area is 83.7 Å². The molecule has 0 fully saturated rings. The third-order valence-corrected chi connectivity index (χ3v) is 3.06. The van der Waals surface area contributed by atoms with Crippen molar-refractivity contribution in [2.75, 3.05) is 0 Å². The first kappa shape index (κ1) is 9.15. The molecule has 0 amide bonds. The van der Waals surface area contributed by atoms with E-state index in [2.05, 4.69) is 36.8 Å². The van der Waals surface area contributed by atoms with Crippen molar-refractivity contribution in [3.8, 4) is 0 Å². The Kier molecular flexibility index (Phi) is 3.03. The second-order valence-electron chi connectivity index (χ2n) is 1.68. The van der Waals surface area contributed by atoms with Crippen molar-refractivity contribution in [2.24, 2.45) is 0 Å². The Bertz CT molecular complexity index is 286. The van der Waals surface area contributed by atoms with Crippen LogP contribution in [0.4, 0.5) is 0 Å². The molecule has 6 heteroatoms. The largest absolute Gasteiger partial charge is 0.477 e. The van der Waals surface area contributed by atoms with Gasteiger partial charge in [0.1, 0.15) is 4.88 Å². The van der Waals surface area contributed by atoms with Gasteiger partial charge in [-0.3, -0.25) is 0 Å². The van der Waals surface area contributed by atoms with Crippen LogP contribution >= 0.6 is 43.2 Å². The van der Waals surface area contributed by atoms with E-state index in [0.717, 1.165) is 11.3 Å². The monoisotopic (exact) mass is 299 g/mol. The number of hydrogen-bond acceptors (Lipinski definition) is 3. The lowest BCUT2D eigenvalue weighted by Gasteiger charge is -1.88. The van der Waals surface area contributed by atoms with Gasteiger partial charge in [-0.25, -0.2) is 9.78 Å². The number of carboxylic acid groups (broad SMARTS) is 1. The van der Waals surface area contributed by atoms with Crippen LogP contribution < -0.4 is 0 Å². The zero-order valence-corrected chi connectivity index (χ0v) is 9.16. The molecule has 11 heavy (non-hydrogen) atoms. The van der Waals surface area contributed by atoms with Gasteiger partial charge in [0.2, 0.25) is 0 Å². The van der Waals surface area contributed by atoms with Crippen LogP contribution in [0.2, 0.25) is 0 Å². The lowest BCUT2D eigenvalue weighted by molar-refractivity contribution is 0.0701. The highest BCUT2D eigenvalue weighted by molar-refractivity contribution is 9.11. The average molecular weight is 301 g/mol. The first-order valence-electron chi connectivity index (χ1n) is 2.59. The van der Waals surface area contributed by atoms with E-state index in [9.17, 15) is 4.79 Å². The minimum Gasteiger partial charge on any atom is -0.477 e. The molecule has 0 bridgehead atoms. The van der Waals surface area contributed by atoms with Gasteiger partial charge >= 0.3 is 5.97 Å². The normalized spacial score (nSPS) is 10.0. The fraction of sp³-hybridized carbons (Fsp3) is 0.200. The van der Waals surface area contributed by atoms with E-state index in [0.29, 0.717) is 14.9 Å². The summed E-state index contributed by atoms with van der Waals surface area (Å²) in [5.74, 6) is -0.928. The van der Waals surface area contributed by atoms with E-state index in [4.69, 9.17) is 5.11 Å². The topological polar surface area (TPSA) is 50.2 Å². The lowest BCUT2D eigenvalue weighted by atomic mass is 10.4. The smallest absolute Gasteiger partial charge is 0.347 e. The molecule has 0 spiro atoms. The number of hydrogen-bond donors (Lipinski definition) is 1. The number of rotatable bonds is 2. The molecule has 0 saturated heterocycles. The van der Waals surface area contributed by atoms with Gasteiger partial charge in [-0.1, -0.05) is 27.3 Å². The van der Waals surface area contributed by atoms with Crippen LogP contribution in [0.15, 0.2) is 3.92 Å². The van der Waals surface area contributed by atoms with Gasteiger partial charge < -0.3 is 5.11 Å². The molecule has 0 aromatic carbocycles. The van der Waals surface area contributed by atoms with Gasteiger partial charge in [0, 0.05) is 5.33 Å². The maximum atomic E-state index is 10.5. The Hall–Kier alpha value is 0.0600. The highest BCUT2D eigenvalue weighted by Crippen LogP contribution is 2.24. The summed E-state index contributed by atoms with van der Waals surface area (Å²) in [5.41, 5.74) is 0.564. The number of carbonyl (C=O) groups is 1. The Morgan fingerprint density at radius 3 is 2.73 bits per heavy atom. The fourth-order valence-corrected chi connectivity index (χ4v) is 2.52. The van der Waals surface area contributed by atoms with Gasteiger partial charge in [-0.05, 0) is 15.9 Å². The number of aromatic nitrogens is 1. The summed E-state index contributed by atoms with van der Waals surface area (Å²) in [4.78, 5) is 14.8. The third kappa shape index (κ3) is 2.00. The summed E-state index contributed by atoms with van der Waals surface area (Å²) in [7, 11) is 0. The standard InChI is InChI=1S/C5H3Br2NO2S/c6-1-2-3(4(9)10)11-5(7)8-2/h1H2,(H,9,10). The molecule has 0 saturated carbocycles. The maximum absolute atomic E-state index is 10.5. The molecular weight excluding hydrogens is 298 g/mol. The summed E-state index contributed by atoms with van der Waals surface area (Å²) in [6.07, 6.45) is 0. The van der Waals surface area contributed by atoms with Crippen LogP contribution in [0.1, 0.15) is 15.4 Å². The first-order valence-corrected chi connectivity index (χ1v) is 5.32. The number of nitrogens with zero attached hydrogens (tertiary/aromatic N) is 1. The van der Waals surface area contributed by atoms with Crippen molar-refractivity contribution >= 4 is 49.2 Å². The van der Waals surface area contributed by atoms with Crippen LogP contribution in [0.25, 0.3) is 0 Å². The SMILES string of the molecule is O=C(O)c1sc(Br)nc1CBr. The summed E-state index contributed by atoms with van der Waals surface area (Å²) >= 11 is 7.39. The Morgan fingerprint density at radius 1 is 1.73 bits per heavy atom. The van der Waals surface area contributed by atoms with Crippen molar-refractivity contribution in [2.45, 2.75) is 5.33 Å². The van der Waals surface area contributed by atoms with E-state index in [1.165, 1.54) is 0 Å². The Balaban J connectivity index is 3.12. The molecule has 0 radical (unpaired) electrons. The van der Waals surface area contributed by atoms with Gasteiger partial charge in [0.15, 0.2) is 3.92 Å². The van der Waals surface area contributed by atoms with Crippen LogP contribution in [0, 0.1) is 0 Å². The maximum Gasteiger partial charge on any atom is 0.347 e. The van der Waals surface area contributed by atoms with Crippen LogP contribution in [-0.2, 0) is 5.33 Å². The first-order chi connectivity index (χ1) is 5.15. The lowest BCUT2D eigenvalue weighted by Crippen LogP contribution is -1.96. The van der Waals surface area contributed by atoms with Crippen molar-refractivity contribution < 1.29 is 9.90 Å². The summed E-state index contributed by atoms with van der Waals surface area (Å²) in [6, 6.07) is 0. The summed E-state index contributed by atoms with van der Waals surface area (Å²) in [6.45, 7) is 0. The van der Waals surface area contributed by atoms with E-state index in [1.54, 1.807) is 0 Å². The third-order valence-electron chi connectivity index (χ3n) is 0.992. The zero-order chi connectivity index (χ0) is 8.43. The van der Waals surface area contributed by atoms with Gasteiger partial charge in [0.05, 0.1) is 5.69 Å². The van der Waals surface area contributed by atoms with Crippen molar-refractivity contribution in [3.63, 3.8) is 0 Å². The molecule has 3 nitrogen and oxygen atoms in total. The van der Waals surface area contributed by atoms with Crippen molar-refractivity contribution in [1.82, 2.24) is 4.98 Å². The molecular formula is C5H3Br2NO2S. The molecule has 0 unspecified atom stereocenters. The fourth-order valence-electron chi connectivity index (χ4n) is 0.580. The molecule has 1 N–H and O–H groups in total. The van der Waals surface area contributed by atoms with Gasteiger partial charge in [-0.15, -0.1) is 0 Å². The zero-order valence-electron chi connectivity index (χ0n) is 5.17. The highest BCUT2D eigenvalue weighted by Gasteiger charge is 2.14. The van der Waals surface area contributed by atoms with Crippen LogP contribution in [0.5, 0.6) is 0 Å². The molecule has 1 rings (SSSR count). The van der Waals surface area contributed by atoms with E-state index in [1.807, 2.05) is 0 Å². The van der Waals surface area contributed by atoms with E-state index in [-0.39, 0.29) is 4.88 Å². The Morgan fingerprint density at radius 2 is 2.36 bits per heavy atom. The molecule has 1 aromatic heterocycles. The number of carboxylic acids is 1. The second-order valence-corrected chi connectivity index (χ2v) is 4.52. The number of alkyl halides is 1. The minimum atomic E-state index is -0.928. The molecule has 1 aromatic rings. The van der Waals surface area contributed by atoms with Crippen molar-refractivity contribution in [1.29, 1.82) is 0 Å². The molecule has 60 valence electrons. The van der Waals surface area contributed by atoms with Crippen LogP contribution in [0.3, 0.4) is 0 Å². The quantitative estimate of drug-likeness (QED) is 0.854. The number of halogens is 2. The van der Waals surface area contributed by atoms with E-state index < -0.39 is 5.97 Å². The molecule has 0 atom stereocenters. The predicted molar refractivity (Wildman–Crippen MR) is 49.4 cm³/mol. The average Bonchev–Trinajstić information content (AvgIpc) is 2.30.